The first-order valence-electron chi connectivity index (χ1n) is 6.09. The molecule has 1 N–H and O–H groups in total. The van der Waals surface area contributed by atoms with Crippen molar-refractivity contribution in [1.82, 2.24) is 5.32 Å². The number of ether oxygens (including phenoxy) is 1. The number of benzene rings is 1. The molecule has 0 radical (unpaired) electrons. The molecule has 0 aliphatic rings. The van der Waals surface area contributed by atoms with Gasteiger partial charge in [-0.1, -0.05) is 12.2 Å². The fourth-order valence-electron chi connectivity index (χ4n) is 1.47. The summed E-state index contributed by atoms with van der Waals surface area (Å²) in [6.45, 7) is 6.06. The zero-order valence-corrected chi connectivity index (χ0v) is 11.4. The molecule has 1 aromatic carbocycles. The van der Waals surface area contributed by atoms with Crippen molar-refractivity contribution in [3.63, 3.8) is 0 Å². The maximum atomic E-state index is 13.1. The number of alkyl halides is 3. The smallest absolute Gasteiger partial charge is 0.375 e. The van der Waals surface area contributed by atoms with Crippen LogP contribution in [0, 0.1) is 5.82 Å². The van der Waals surface area contributed by atoms with Crippen molar-refractivity contribution in [3.05, 3.63) is 47.3 Å². The third kappa shape index (κ3) is 5.55. The van der Waals surface area contributed by atoms with E-state index >= 15 is 0 Å². The minimum Gasteiger partial charge on any atom is -0.375 e. The van der Waals surface area contributed by atoms with Crippen molar-refractivity contribution in [1.29, 1.82) is 0 Å². The number of halogens is 4. The van der Waals surface area contributed by atoms with E-state index in [2.05, 4.69) is 11.9 Å². The third-order valence-corrected chi connectivity index (χ3v) is 2.41. The first-order chi connectivity index (χ1) is 9.71. The highest BCUT2D eigenvalue weighted by atomic mass is 19.4. The molecule has 0 aromatic heterocycles. The number of hydrogen-bond acceptors (Lipinski definition) is 2. The fourth-order valence-corrected chi connectivity index (χ4v) is 1.47. The molecule has 1 amide bonds. The van der Waals surface area contributed by atoms with Crippen LogP contribution < -0.4 is 5.32 Å². The van der Waals surface area contributed by atoms with Gasteiger partial charge in [-0.15, -0.1) is 0 Å². The number of amides is 1. The van der Waals surface area contributed by atoms with Crippen LogP contribution in [0.15, 0.2) is 30.4 Å². The number of carbonyl (C=O) groups is 1. The highest BCUT2D eigenvalue weighted by molar-refractivity contribution is 5.94. The molecule has 21 heavy (non-hydrogen) atoms. The molecule has 7 heteroatoms. The number of nitrogens with one attached hydrogen (secondary N) is 1. The second-order valence-corrected chi connectivity index (χ2v) is 4.46. The summed E-state index contributed by atoms with van der Waals surface area (Å²) in [5.74, 6) is -2.14. The van der Waals surface area contributed by atoms with Gasteiger partial charge in [0.15, 0.2) is 0 Å². The van der Waals surface area contributed by atoms with Crippen molar-refractivity contribution in [2.24, 2.45) is 0 Å². The molecular weight excluding hydrogens is 290 g/mol. The lowest BCUT2D eigenvalue weighted by Gasteiger charge is -2.10. The van der Waals surface area contributed by atoms with Crippen LogP contribution in [-0.4, -0.2) is 25.7 Å². The van der Waals surface area contributed by atoms with E-state index in [1.165, 1.54) is 0 Å². The Kier molecular flexibility index (Phi) is 5.90. The van der Waals surface area contributed by atoms with E-state index < -0.39 is 23.5 Å². The normalized spacial score (nSPS) is 11.3. The van der Waals surface area contributed by atoms with Crippen LogP contribution >= 0.6 is 0 Å². The van der Waals surface area contributed by atoms with Gasteiger partial charge >= 0.3 is 6.18 Å². The minimum absolute atomic E-state index is 0.130. The number of hydrogen-bond donors (Lipinski definition) is 1. The molecule has 0 aliphatic carbocycles. The lowest BCUT2D eigenvalue weighted by atomic mass is 10.1. The van der Waals surface area contributed by atoms with Gasteiger partial charge in [0.2, 0.25) is 0 Å². The van der Waals surface area contributed by atoms with Crippen molar-refractivity contribution in [3.8, 4) is 0 Å². The monoisotopic (exact) mass is 305 g/mol. The predicted octanol–water partition coefficient (Wildman–Crippen LogP) is 3.17. The van der Waals surface area contributed by atoms with Gasteiger partial charge in [0.1, 0.15) is 5.82 Å². The Bertz CT molecular complexity index is 526. The maximum Gasteiger partial charge on any atom is 0.419 e. The van der Waals surface area contributed by atoms with E-state index in [1.807, 2.05) is 0 Å². The van der Waals surface area contributed by atoms with Crippen LogP contribution in [0.25, 0.3) is 0 Å². The van der Waals surface area contributed by atoms with Crippen LogP contribution in [0.5, 0.6) is 0 Å². The van der Waals surface area contributed by atoms with E-state index in [0.717, 1.165) is 11.6 Å². The maximum absolute atomic E-state index is 13.1. The van der Waals surface area contributed by atoms with Crippen molar-refractivity contribution in [2.75, 3.05) is 19.8 Å². The van der Waals surface area contributed by atoms with Crippen LogP contribution in [0.3, 0.4) is 0 Å². The van der Waals surface area contributed by atoms with E-state index in [9.17, 15) is 22.4 Å². The Labute approximate surface area is 119 Å². The second kappa shape index (κ2) is 7.21. The first-order valence-corrected chi connectivity index (χ1v) is 6.09. The van der Waals surface area contributed by atoms with E-state index in [1.54, 1.807) is 6.92 Å². The topological polar surface area (TPSA) is 38.3 Å². The summed E-state index contributed by atoms with van der Waals surface area (Å²) in [6, 6.07) is 2.10. The number of carbonyl (C=O) groups excluding carboxylic acids is 1. The lowest BCUT2D eigenvalue weighted by Crippen LogP contribution is -2.27. The van der Waals surface area contributed by atoms with Crippen molar-refractivity contribution in [2.45, 2.75) is 13.1 Å². The van der Waals surface area contributed by atoms with Gasteiger partial charge < -0.3 is 10.1 Å². The predicted molar refractivity (Wildman–Crippen MR) is 69.4 cm³/mol. The molecular formula is C14H15F4NO2. The van der Waals surface area contributed by atoms with Crippen molar-refractivity contribution >= 4 is 5.91 Å². The van der Waals surface area contributed by atoms with Gasteiger partial charge in [0, 0.05) is 12.1 Å². The van der Waals surface area contributed by atoms with Crippen molar-refractivity contribution < 1.29 is 27.1 Å². The average molecular weight is 305 g/mol. The SMILES string of the molecule is C=C(C)COCCNC(=O)c1ccc(F)c(C(F)(F)F)c1. The van der Waals surface area contributed by atoms with Gasteiger partial charge in [-0.2, -0.15) is 13.2 Å². The van der Waals surface area contributed by atoms with Gasteiger partial charge in [-0.05, 0) is 25.1 Å². The molecule has 0 atom stereocenters. The molecule has 0 aliphatic heterocycles. The summed E-state index contributed by atoms with van der Waals surface area (Å²) in [4.78, 5) is 11.7. The molecule has 0 unspecified atom stereocenters. The van der Waals surface area contributed by atoms with Crippen LogP contribution in [-0.2, 0) is 10.9 Å². The standard InChI is InChI=1S/C14H15F4NO2/c1-9(2)8-21-6-5-19-13(20)10-3-4-12(15)11(7-10)14(16,17)18/h3-4,7H,1,5-6,8H2,2H3,(H,19,20). The van der Waals surface area contributed by atoms with Gasteiger partial charge in [-0.25, -0.2) is 4.39 Å². The minimum atomic E-state index is -4.84. The summed E-state index contributed by atoms with van der Waals surface area (Å²) in [6.07, 6.45) is -4.84. The van der Waals surface area contributed by atoms with E-state index in [4.69, 9.17) is 4.74 Å². The molecule has 0 fully saturated rings. The molecule has 0 spiro atoms. The second-order valence-electron chi connectivity index (χ2n) is 4.46. The Hall–Kier alpha value is -1.89. The van der Waals surface area contributed by atoms with Gasteiger partial charge in [0.05, 0.1) is 18.8 Å². The molecule has 0 saturated carbocycles. The largest absolute Gasteiger partial charge is 0.419 e. The lowest BCUT2D eigenvalue weighted by molar-refractivity contribution is -0.140. The molecule has 0 heterocycles. The quantitative estimate of drug-likeness (QED) is 0.498. The summed E-state index contributed by atoms with van der Waals surface area (Å²) in [5, 5.41) is 2.39. The molecule has 3 nitrogen and oxygen atoms in total. The van der Waals surface area contributed by atoms with Gasteiger partial charge in [0.25, 0.3) is 5.91 Å². The van der Waals surface area contributed by atoms with Crippen LogP contribution in [0.4, 0.5) is 17.6 Å². The first kappa shape index (κ1) is 17.2. The summed E-state index contributed by atoms with van der Waals surface area (Å²) < 4.78 is 55.8. The fraction of sp³-hybridized carbons (Fsp3) is 0.357. The van der Waals surface area contributed by atoms with Crippen LogP contribution in [0.1, 0.15) is 22.8 Å². The van der Waals surface area contributed by atoms with E-state index in [0.29, 0.717) is 18.7 Å². The molecule has 116 valence electrons. The molecule has 0 bridgehead atoms. The molecule has 1 aromatic rings. The van der Waals surface area contributed by atoms with Gasteiger partial charge in [-0.3, -0.25) is 4.79 Å². The zero-order valence-electron chi connectivity index (χ0n) is 11.4. The Balaban J connectivity index is 2.61. The highest BCUT2D eigenvalue weighted by Gasteiger charge is 2.34. The highest BCUT2D eigenvalue weighted by Crippen LogP contribution is 2.31. The summed E-state index contributed by atoms with van der Waals surface area (Å²) in [7, 11) is 0. The Morgan fingerprint density at radius 1 is 1.38 bits per heavy atom. The zero-order chi connectivity index (χ0) is 16.0. The summed E-state index contributed by atoms with van der Waals surface area (Å²) >= 11 is 0. The summed E-state index contributed by atoms with van der Waals surface area (Å²) in [5.41, 5.74) is -0.910. The van der Waals surface area contributed by atoms with E-state index in [-0.39, 0.29) is 18.7 Å². The Morgan fingerprint density at radius 3 is 2.62 bits per heavy atom. The molecule has 0 saturated heterocycles. The molecule has 1 rings (SSSR count). The third-order valence-electron chi connectivity index (χ3n) is 2.41. The van der Waals surface area contributed by atoms with Crippen LogP contribution in [0.2, 0.25) is 0 Å². The number of rotatable bonds is 6. The Morgan fingerprint density at radius 2 is 2.05 bits per heavy atom. The average Bonchev–Trinajstić information content (AvgIpc) is 2.36.